The summed E-state index contributed by atoms with van der Waals surface area (Å²) in [5, 5.41) is 12.0. The van der Waals surface area contributed by atoms with Crippen molar-refractivity contribution in [1.82, 2.24) is 5.32 Å². The van der Waals surface area contributed by atoms with Gasteiger partial charge in [0.2, 0.25) is 0 Å². The average molecular weight is 278 g/mol. The average Bonchev–Trinajstić information content (AvgIpc) is 2.82. The van der Waals surface area contributed by atoms with E-state index in [1.165, 1.54) is 0 Å². The maximum Gasteiger partial charge on any atom is 0.275 e. The van der Waals surface area contributed by atoms with E-state index in [-0.39, 0.29) is 11.7 Å². The third-order valence-electron chi connectivity index (χ3n) is 3.16. The van der Waals surface area contributed by atoms with Gasteiger partial charge in [-0.05, 0) is 29.3 Å². The monoisotopic (exact) mass is 278 g/mol. The minimum atomic E-state index is -0.200. The lowest BCUT2D eigenvalue weighted by Crippen LogP contribution is -2.25. The molecule has 0 fully saturated rings. The van der Waals surface area contributed by atoms with E-state index in [0.29, 0.717) is 18.0 Å². The Labute approximate surface area is 122 Å². The van der Waals surface area contributed by atoms with E-state index < -0.39 is 0 Å². The number of rotatable bonds is 3. The first-order valence-electron chi connectivity index (χ1n) is 6.64. The van der Waals surface area contributed by atoms with Gasteiger partial charge in [0.15, 0.2) is 0 Å². The highest BCUT2D eigenvalue weighted by molar-refractivity contribution is 6.14. The summed E-state index contributed by atoms with van der Waals surface area (Å²) in [5.74, 6) is 0.645. The third kappa shape index (κ3) is 3.17. The Balaban J connectivity index is 1.80. The third-order valence-corrected chi connectivity index (χ3v) is 3.16. The van der Waals surface area contributed by atoms with Crippen LogP contribution in [0.5, 0.6) is 5.75 Å². The molecule has 1 heterocycles. The molecule has 0 aromatic heterocycles. The van der Waals surface area contributed by atoms with Crippen molar-refractivity contribution in [2.45, 2.75) is 6.42 Å². The second-order valence-electron chi connectivity index (χ2n) is 4.80. The van der Waals surface area contributed by atoms with Crippen LogP contribution in [0.15, 0.2) is 65.3 Å². The Kier molecular flexibility index (Phi) is 3.51. The summed E-state index contributed by atoms with van der Waals surface area (Å²) in [6.07, 6.45) is 2.30. The zero-order chi connectivity index (χ0) is 14.7. The molecule has 1 aliphatic heterocycles. The van der Waals surface area contributed by atoms with E-state index in [1.54, 1.807) is 30.3 Å². The summed E-state index contributed by atoms with van der Waals surface area (Å²) in [4.78, 5) is 16.2. The van der Waals surface area contributed by atoms with Crippen molar-refractivity contribution >= 4 is 17.8 Å². The van der Waals surface area contributed by atoms with E-state index in [1.807, 2.05) is 30.3 Å². The highest BCUT2D eigenvalue weighted by atomic mass is 16.3. The van der Waals surface area contributed by atoms with Crippen LogP contribution in [0.4, 0.5) is 0 Å². The molecule has 2 aromatic carbocycles. The molecule has 1 aliphatic rings. The summed E-state index contributed by atoms with van der Waals surface area (Å²) in [5.41, 5.74) is 2.30. The molecule has 104 valence electrons. The Morgan fingerprint density at radius 3 is 2.48 bits per heavy atom. The number of nitrogens with one attached hydrogen (secondary N) is 1. The highest BCUT2D eigenvalue weighted by Gasteiger charge is 2.19. The van der Waals surface area contributed by atoms with Gasteiger partial charge in [-0.3, -0.25) is 4.79 Å². The lowest BCUT2D eigenvalue weighted by atomic mass is 10.1. The number of carbonyl (C=O) groups excluding carboxylic acids is 1. The SMILES string of the molecule is O=C1NC(Cc2ccccc2)=N/C1=C/c1ccc(O)cc1. The zero-order valence-electron chi connectivity index (χ0n) is 11.3. The first-order valence-corrected chi connectivity index (χ1v) is 6.64. The minimum absolute atomic E-state index is 0.196. The Morgan fingerprint density at radius 1 is 1.05 bits per heavy atom. The minimum Gasteiger partial charge on any atom is -0.508 e. The second-order valence-corrected chi connectivity index (χ2v) is 4.80. The second kappa shape index (κ2) is 5.63. The van der Waals surface area contributed by atoms with Crippen LogP contribution in [-0.2, 0) is 11.2 Å². The molecule has 0 bridgehead atoms. The lowest BCUT2D eigenvalue weighted by Gasteiger charge is -1.99. The van der Waals surface area contributed by atoms with Crippen LogP contribution in [0, 0.1) is 0 Å². The zero-order valence-corrected chi connectivity index (χ0v) is 11.3. The van der Waals surface area contributed by atoms with Crippen molar-refractivity contribution in [2.24, 2.45) is 4.99 Å². The standard InChI is InChI=1S/C17H14N2O2/c20-14-8-6-13(7-9-14)10-15-17(21)19-16(18-15)11-12-4-2-1-3-5-12/h1-10,20H,11H2,(H,18,19,21)/b15-10+. The number of aliphatic imine (C=N–C) groups is 1. The van der Waals surface area contributed by atoms with Gasteiger partial charge in [-0.1, -0.05) is 42.5 Å². The number of aromatic hydroxyl groups is 1. The molecule has 0 atom stereocenters. The van der Waals surface area contributed by atoms with Gasteiger partial charge in [-0.25, -0.2) is 4.99 Å². The van der Waals surface area contributed by atoms with Crippen LogP contribution in [0.25, 0.3) is 6.08 Å². The van der Waals surface area contributed by atoms with E-state index >= 15 is 0 Å². The molecule has 0 aliphatic carbocycles. The maximum absolute atomic E-state index is 11.9. The van der Waals surface area contributed by atoms with Crippen molar-refractivity contribution in [3.63, 3.8) is 0 Å². The summed E-state index contributed by atoms with van der Waals surface area (Å²) in [7, 11) is 0. The van der Waals surface area contributed by atoms with E-state index in [4.69, 9.17) is 0 Å². The van der Waals surface area contributed by atoms with Crippen molar-refractivity contribution in [2.75, 3.05) is 0 Å². The van der Waals surface area contributed by atoms with Crippen LogP contribution in [-0.4, -0.2) is 16.8 Å². The largest absolute Gasteiger partial charge is 0.508 e. The molecule has 4 nitrogen and oxygen atoms in total. The number of hydrogen-bond donors (Lipinski definition) is 2. The molecule has 0 radical (unpaired) electrons. The van der Waals surface area contributed by atoms with Gasteiger partial charge >= 0.3 is 0 Å². The predicted octanol–water partition coefficient (Wildman–Crippen LogP) is 2.50. The van der Waals surface area contributed by atoms with E-state index in [9.17, 15) is 9.90 Å². The summed E-state index contributed by atoms with van der Waals surface area (Å²) in [6.45, 7) is 0. The summed E-state index contributed by atoms with van der Waals surface area (Å²) >= 11 is 0. The number of carbonyl (C=O) groups is 1. The van der Waals surface area contributed by atoms with Gasteiger partial charge in [-0.15, -0.1) is 0 Å². The summed E-state index contributed by atoms with van der Waals surface area (Å²) < 4.78 is 0. The number of amides is 1. The fourth-order valence-corrected chi connectivity index (χ4v) is 2.12. The topological polar surface area (TPSA) is 61.7 Å². The molecule has 4 heteroatoms. The number of hydrogen-bond acceptors (Lipinski definition) is 3. The molecule has 2 N–H and O–H groups in total. The fourth-order valence-electron chi connectivity index (χ4n) is 2.12. The van der Waals surface area contributed by atoms with Crippen LogP contribution >= 0.6 is 0 Å². The molecule has 0 saturated carbocycles. The number of amidine groups is 1. The summed E-state index contributed by atoms with van der Waals surface area (Å²) in [6, 6.07) is 16.5. The molecular formula is C17H14N2O2. The van der Waals surface area contributed by atoms with Crippen molar-refractivity contribution in [1.29, 1.82) is 0 Å². The van der Waals surface area contributed by atoms with Gasteiger partial charge < -0.3 is 10.4 Å². The molecule has 0 saturated heterocycles. The Morgan fingerprint density at radius 2 is 1.76 bits per heavy atom. The van der Waals surface area contributed by atoms with Gasteiger partial charge in [0.1, 0.15) is 17.3 Å². The van der Waals surface area contributed by atoms with Gasteiger partial charge in [-0.2, -0.15) is 0 Å². The normalized spacial score (nSPS) is 15.9. The fraction of sp³-hybridized carbons (Fsp3) is 0.0588. The van der Waals surface area contributed by atoms with Crippen LogP contribution in [0.1, 0.15) is 11.1 Å². The van der Waals surface area contributed by atoms with E-state index in [0.717, 1.165) is 11.1 Å². The molecular weight excluding hydrogens is 264 g/mol. The van der Waals surface area contributed by atoms with Crippen LogP contribution in [0.3, 0.4) is 0 Å². The van der Waals surface area contributed by atoms with Gasteiger partial charge in [0, 0.05) is 6.42 Å². The molecule has 1 amide bonds. The highest BCUT2D eigenvalue weighted by Crippen LogP contribution is 2.16. The van der Waals surface area contributed by atoms with Crippen molar-refractivity contribution in [3.8, 4) is 5.75 Å². The maximum atomic E-state index is 11.9. The number of benzene rings is 2. The number of phenolic OH excluding ortho intramolecular Hbond substituents is 1. The molecule has 0 spiro atoms. The predicted molar refractivity (Wildman–Crippen MR) is 81.8 cm³/mol. The molecule has 3 rings (SSSR count). The molecule has 2 aromatic rings. The Hall–Kier alpha value is -2.88. The van der Waals surface area contributed by atoms with Crippen molar-refractivity contribution < 1.29 is 9.90 Å². The smallest absolute Gasteiger partial charge is 0.275 e. The number of phenols is 1. The van der Waals surface area contributed by atoms with Crippen LogP contribution < -0.4 is 5.32 Å². The number of nitrogens with zero attached hydrogens (tertiary/aromatic N) is 1. The van der Waals surface area contributed by atoms with Gasteiger partial charge in [0.25, 0.3) is 5.91 Å². The lowest BCUT2D eigenvalue weighted by molar-refractivity contribution is -0.115. The van der Waals surface area contributed by atoms with Crippen molar-refractivity contribution in [3.05, 3.63) is 71.4 Å². The van der Waals surface area contributed by atoms with Gasteiger partial charge in [0.05, 0.1) is 0 Å². The quantitative estimate of drug-likeness (QED) is 0.847. The van der Waals surface area contributed by atoms with E-state index in [2.05, 4.69) is 10.3 Å². The first kappa shape index (κ1) is 13.1. The molecule has 0 unspecified atom stereocenters. The Bertz CT molecular complexity index is 716. The van der Waals surface area contributed by atoms with Crippen LogP contribution in [0.2, 0.25) is 0 Å². The molecule has 21 heavy (non-hydrogen) atoms. The first-order chi connectivity index (χ1) is 10.2.